The molecule has 2 N–H and O–H groups in total. The average molecular weight is 452 g/mol. The van der Waals surface area contributed by atoms with Gasteiger partial charge in [0.1, 0.15) is 11.5 Å². The van der Waals surface area contributed by atoms with Crippen LogP contribution in [0.5, 0.6) is 11.5 Å². The van der Waals surface area contributed by atoms with Crippen LogP contribution in [0.3, 0.4) is 0 Å². The Labute approximate surface area is 193 Å². The Morgan fingerprint density at radius 3 is 1.97 bits per heavy atom. The molecule has 2 aliphatic rings. The summed E-state index contributed by atoms with van der Waals surface area (Å²) in [6.45, 7) is 0.935. The van der Waals surface area contributed by atoms with Crippen molar-refractivity contribution in [2.45, 2.75) is 25.3 Å². The maximum Gasteiger partial charge on any atom is 0.228 e. The molecule has 0 bridgehead atoms. The summed E-state index contributed by atoms with van der Waals surface area (Å²) in [5.41, 5.74) is 7.02. The fourth-order valence-electron chi connectivity index (χ4n) is 4.80. The quantitative estimate of drug-likeness (QED) is 0.727. The number of piperidine rings is 1. The summed E-state index contributed by atoms with van der Waals surface area (Å²) in [4.78, 5) is 41.8. The summed E-state index contributed by atoms with van der Waals surface area (Å²) < 4.78 is 10.5. The summed E-state index contributed by atoms with van der Waals surface area (Å²) in [7, 11) is 3.19. The average Bonchev–Trinajstić information content (AvgIpc) is 3.20. The monoisotopic (exact) mass is 451 g/mol. The molecule has 174 valence electrons. The van der Waals surface area contributed by atoms with Crippen molar-refractivity contribution in [1.29, 1.82) is 0 Å². The highest BCUT2D eigenvalue weighted by Gasteiger charge is 2.47. The lowest BCUT2D eigenvalue weighted by atomic mass is 9.90. The number of carbonyl (C=O) groups excluding carboxylic acids is 3. The van der Waals surface area contributed by atoms with E-state index < -0.39 is 12.0 Å². The first-order chi connectivity index (χ1) is 15.9. The van der Waals surface area contributed by atoms with Gasteiger partial charge in [0.15, 0.2) is 0 Å². The smallest absolute Gasteiger partial charge is 0.228 e. The highest BCUT2D eigenvalue weighted by Crippen LogP contribution is 2.43. The molecule has 0 saturated carbocycles. The highest BCUT2D eigenvalue weighted by molar-refractivity contribution is 6.01. The van der Waals surface area contributed by atoms with E-state index in [1.165, 1.54) is 0 Å². The minimum Gasteiger partial charge on any atom is -0.497 e. The molecule has 2 saturated heterocycles. The summed E-state index contributed by atoms with van der Waals surface area (Å²) in [5, 5.41) is 0. The normalized spacial score (nSPS) is 21.2. The zero-order chi connectivity index (χ0) is 23.5. The van der Waals surface area contributed by atoms with Crippen molar-refractivity contribution in [2.75, 3.05) is 32.2 Å². The van der Waals surface area contributed by atoms with E-state index in [-0.39, 0.29) is 30.1 Å². The van der Waals surface area contributed by atoms with Crippen molar-refractivity contribution in [3.8, 4) is 11.5 Å². The van der Waals surface area contributed by atoms with Gasteiger partial charge >= 0.3 is 0 Å². The van der Waals surface area contributed by atoms with E-state index in [0.717, 1.165) is 5.56 Å². The molecule has 2 aliphatic heterocycles. The van der Waals surface area contributed by atoms with Crippen LogP contribution >= 0.6 is 0 Å². The molecule has 2 aromatic rings. The Bertz CT molecular complexity index is 1010. The maximum atomic E-state index is 13.6. The molecule has 0 spiro atoms. The van der Waals surface area contributed by atoms with Crippen molar-refractivity contribution in [1.82, 2.24) is 4.90 Å². The van der Waals surface area contributed by atoms with Crippen LogP contribution in [0.1, 0.15) is 30.9 Å². The molecule has 2 fully saturated rings. The molecule has 8 nitrogen and oxygen atoms in total. The number of hydrogen-bond donors (Lipinski definition) is 1. The zero-order valence-electron chi connectivity index (χ0n) is 18.9. The number of hydrogen-bond acceptors (Lipinski definition) is 5. The Kier molecular flexibility index (Phi) is 6.53. The van der Waals surface area contributed by atoms with E-state index in [1.807, 2.05) is 36.4 Å². The lowest BCUT2D eigenvalue weighted by molar-refractivity contribution is -0.139. The Balaban J connectivity index is 1.65. The predicted molar refractivity (Wildman–Crippen MR) is 123 cm³/mol. The Hall–Kier alpha value is -3.55. The first-order valence-electron chi connectivity index (χ1n) is 11.1. The Morgan fingerprint density at radius 2 is 1.45 bits per heavy atom. The molecule has 0 aromatic heterocycles. The third-order valence-electron chi connectivity index (χ3n) is 6.66. The van der Waals surface area contributed by atoms with Gasteiger partial charge < -0.3 is 25.0 Å². The van der Waals surface area contributed by atoms with Crippen molar-refractivity contribution in [3.63, 3.8) is 0 Å². The van der Waals surface area contributed by atoms with Gasteiger partial charge in [-0.15, -0.1) is 0 Å². The number of rotatable bonds is 6. The topological polar surface area (TPSA) is 102 Å². The van der Waals surface area contributed by atoms with Crippen molar-refractivity contribution >= 4 is 23.4 Å². The second-order valence-electron chi connectivity index (χ2n) is 8.49. The minimum atomic E-state index is -0.530. The molecular weight excluding hydrogens is 422 g/mol. The fraction of sp³-hybridized carbons (Fsp3) is 0.400. The van der Waals surface area contributed by atoms with Gasteiger partial charge in [-0.2, -0.15) is 0 Å². The third kappa shape index (κ3) is 4.51. The number of ether oxygens (including phenoxy) is 2. The van der Waals surface area contributed by atoms with Crippen LogP contribution in [0.25, 0.3) is 0 Å². The lowest BCUT2D eigenvalue weighted by Crippen LogP contribution is -2.45. The number of primary amides is 1. The number of amides is 3. The van der Waals surface area contributed by atoms with Crippen LogP contribution in [0.4, 0.5) is 5.69 Å². The number of likely N-dealkylation sites (tertiary alicyclic amines) is 1. The standard InChI is InChI=1S/C25H29N3O5/c1-32-19-7-3-16(4-8-19)23-21(25(31)27-13-11-17(12-14-27)24(26)30)15-22(29)28(23)18-5-9-20(33-2)10-6-18/h3-10,17,21,23H,11-15H2,1-2H3,(H2,26,30)/t21-,23-/m0/s1. The van der Waals surface area contributed by atoms with Crippen LogP contribution in [-0.2, 0) is 14.4 Å². The van der Waals surface area contributed by atoms with Gasteiger partial charge in [0.05, 0.1) is 26.2 Å². The zero-order valence-corrected chi connectivity index (χ0v) is 18.9. The molecule has 8 heteroatoms. The summed E-state index contributed by atoms with van der Waals surface area (Å²) in [6.07, 6.45) is 1.23. The summed E-state index contributed by atoms with van der Waals surface area (Å²) in [6, 6.07) is 14.3. The molecular formula is C25H29N3O5. The van der Waals surface area contributed by atoms with Gasteiger partial charge in [-0.3, -0.25) is 14.4 Å². The van der Waals surface area contributed by atoms with E-state index >= 15 is 0 Å². The third-order valence-corrected chi connectivity index (χ3v) is 6.66. The second kappa shape index (κ2) is 9.52. The van der Waals surface area contributed by atoms with E-state index in [4.69, 9.17) is 15.2 Å². The van der Waals surface area contributed by atoms with Crippen LogP contribution in [-0.4, -0.2) is 49.9 Å². The molecule has 3 amide bonds. The number of anilines is 1. The number of carbonyl (C=O) groups is 3. The predicted octanol–water partition coefficient (Wildman–Crippen LogP) is 2.52. The number of methoxy groups -OCH3 is 2. The second-order valence-corrected chi connectivity index (χ2v) is 8.49. The van der Waals surface area contributed by atoms with Gasteiger partial charge in [0, 0.05) is 31.1 Å². The molecule has 4 rings (SSSR count). The van der Waals surface area contributed by atoms with E-state index in [9.17, 15) is 14.4 Å². The summed E-state index contributed by atoms with van der Waals surface area (Å²) >= 11 is 0. The summed E-state index contributed by atoms with van der Waals surface area (Å²) in [5.74, 6) is 0.173. The largest absolute Gasteiger partial charge is 0.497 e. The number of nitrogens with two attached hydrogens (primary N) is 1. The SMILES string of the molecule is COc1ccc([C@H]2[C@@H](C(=O)N3CCC(C(N)=O)CC3)CC(=O)N2c2ccc(OC)cc2)cc1. The van der Waals surface area contributed by atoms with Crippen LogP contribution in [0, 0.1) is 11.8 Å². The van der Waals surface area contributed by atoms with E-state index in [0.29, 0.717) is 43.1 Å². The van der Waals surface area contributed by atoms with Crippen LogP contribution in [0.15, 0.2) is 48.5 Å². The lowest BCUT2D eigenvalue weighted by Gasteiger charge is -2.35. The van der Waals surface area contributed by atoms with Gasteiger partial charge in [0.2, 0.25) is 17.7 Å². The van der Waals surface area contributed by atoms with Crippen molar-refractivity contribution in [2.24, 2.45) is 17.6 Å². The van der Waals surface area contributed by atoms with Gasteiger partial charge in [0.25, 0.3) is 0 Å². The first kappa shape index (κ1) is 22.6. The maximum absolute atomic E-state index is 13.6. The fourth-order valence-corrected chi connectivity index (χ4v) is 4.80. The molecule has 0 aliphatic carbocycles. The van der Waals surface area contributed by atoms with E-state index in [2.05, 4.69) is 0 Å². The molecule has 0 radical (unpaired) electrons. The molecule has 2 heterocycles. The first-order valence-corrected chi connectivity index (χ1v) is 11.1. The number of benzene rings is 2. The van der Waals surface area contributed by atoms with E-state index in [1.54, 1.807) is 36.2 Å². The molecule has 2 atom stereocenters. The van der Waals surface area contributed by atoms with Gasteiger partial charge in [-0.1, -0.05) is 12.1 Å². The minimum absolute atomic E-state index is 0.0666. The van der Waals surface area contributed by atoms with Gasteiger partial charge in [-0.25, -0.2) is 0 Å². The molecule has 33 heavy (non-hydrogen) atoms. The molecule has 2 aromatic carbocycles. The van der Waals surface area contributed by atoms with Crippen molar-refractivity contribution < 1.29 is 23.9 Å². The number of nitrogens with zero attached hydrogens (tertiary/aromatic N) is 2. The Morgan fingerprint density at radius 1 is 0.909 bits per heavy atom. The van der Waals surface area contributed by atoms with Crippen LogP contribution in [0.2, 0.25) is 0 Å². The highest BCUT2D eigenvalue weighted by atomic mass is 16.5. The van der Waals surface area contributed by atoms with Gasteiger partial charge in [-0.05, 0) is 54.8 Å². The van der Waals surface area contributed by atoms with Crippen molar-refractivity contribution in [3.05, 3.63) is 54.1 Å². The molecule has 0 unspecified atom stereocenters. The van der Waals surface area contributed by atoms with Crippen LogP contribution < -0.4 is 20.1 Å².